The minimum Gasteiger partial charge on any atom is -0.508 e. The lowest BCUT2D eigenvalue weighted by Gasteiger charge is -2.20. The second kappa shape index (κ2) is 7.08. The molecule has 1 atom stereocenters. The Morgan fingerprint density at radius 1 is 0.852 bits per heavy atom. The minimum atomic E-state index is -0.243. The lowest BCUT2D eigenvalue weighted by Crippen LogP contribution is -2.07. The average molecular weight is 356 g/mol. The molecular weight excluding hydrogens is 336 g/mol. The topological polar surface area (TPSA) is 66.2 Å². The van der Waals surface area contributed by atoms with E-state index in [2.05, 4.69) is 9.97 Å². The zero-order valence-electron chi connectivity index (χ0n) is 15.0. The summed E-state index contributed by atoms with van der Waals surface area (Å²) in [6.45, 7) is 2.00. The Morgan fingerprint density at radius 2 is 1.70 bits per heavy atom. The fourth-order valence-electron chi connectivity index (χ4n) is 3.42. The van der Waals surface area contributed by atoms with Crippen LogP contribution in [0, 0.1) is 6.92 Å². The number of aromatic nitrogens is 2. The second-order valence-electron chi connectivity index (χ2n) is 6.72. The molecule has 134 valence electrons. The number of benzene rings is 2. The van der Waals surface area contributed by atoms with Crippen molar-refractivity contribution < 1.29 is 10.2 Å². The van der Waals surface area contributed by atoms with Gasteiger partial charge >= 0.3 is 0 Å². The molecule has 4 aromatic rings. The van der Waals surface area contributed by atoms with Crippen molar-refractivity contribution >= 4 is 10.9 Å². The highest BCUT2D eigenvalue weighted by Gasteiger charge is 2.23. The van der Waals surface area contributed by atoms with Crippen LogP contribution in [0.2, 0.25) is 0 Å². The van der Waals surface area contributed by atoms with Crippen LogP contribution in [0.5, 0.6) is 11.5 Å². The van der Waals surface area contributed by atoms with Crippen molar-refractivity contribution in [2.75, 3.05) is 0 Å². The first-order valence-electron chi connectivity index (χ1n) is 8.89. The van der Waals surface area contributed by atoms with Crippen LogP contribution in [0.4, 0.5) is 0 Å². The highest BCUT2D eigenvalue weighted by Crippen LogP contribution is 2.40. The van der Waals surface area contributed by atoms with Crippen molar-refractivity contribution in [3.05, 3.63) is 95.4 Å². The number of pyridine rings is 2. The van der Waals surface area contributed by atoms with Gasteiger partial charge in [0.15, 0.2) is 0 Å². The smallest absolute Gasteiger partial charge is 0.145 e. The Morgan fingerprint density at radius 3 is 2.48 bits per heavy atom. The Labute approximate surface area is 157 Å². The molecule has 4 rings (SSSR count). The van der Waals surface area contributed by atoms with Gasteiger partial charge < -0.3 is 10.2 Å². The molecule has 2 heterocycles. The summed E-state index contributed by atoms with van der Waals surface area (Å²) < 4.78 is 0. The predicted molar refractivity (Wildman–Crippen MR) is 106 cm³/mol. The van der Waals surface area contributed by atoms with Crippen molar-refractivity contribution in [3.63, 3.8) is 0 Å². The van der Waals surface area contributed by atoms with Gasteiger partial charge in [-0.15, -0.1) is 0 Å². The van der Waals surface area contributed by atoms with Gasteiger partial charge in [-0.3, -0.25) is 9.97 Å². The van der Waals surface area contributed by atoms with Crippen molar-refractivity contribution in [2.45, 2.75) is 19.3 Å². The van der Waals surface area contributed by atoms with E-state index in [-0.39, 0.29) is 17.4 Å². The number of hydrogen-bond acceptors (Lipinski definition) is 4. The van der Waals surface area contributed by atoms with E-state index in [4.69, 9.17) is 0 Å². The molecule has 0 radical (unpaired) electrons. The SMILES string of the molecule is Cc1ccc(CC(c2ccccc2O)c2ccc3cccnc3c2O)nc1. The van der Waals surface area contributed by atoms with Crippen LogP contribution in [0.3, 0.4) is 0 Å². The molecule has 0 spiro atoms. The van der Waals surface area contributed by atoms with Crippen molar-refractivity contribution in [1.29, 1.82) is 0 Å². The Balaban J connectivity index is 1.86. The Hall–Kier alpha value is -3.40. The lowest BCUT2D eigenvalue weighted by molar-refractivity contribution is 0.455. The molecule has 0 aliphatic rings. The van der Waals surface area contributed by atoms with Gasteiger partial charge in [-0.2, -0.15) is 0 Å². The van der Waals surface area contributed by atoms with Crippen molar-refractivity contribution in [1.82, 2.24) is 9.97 Å². The van der Waals surface area contributed by atoms with Gasteiger partial charge in [-0.25, -0.2) is 0 Å². The van der Waals surface area contributed by atoms with Crippen LogP contribution in [-0.4, -0.2) is 20.2 Å². The van der Waals surface area contributed by atoms with E-state index >= 15 is 0 Å². The summed E-state index contributed by atoms with van der Waals surface area (Å²) in [5.74, 6) is 0.108. The fraction of sp³-hybridized carbons (Fsp3) is 0.130. The monoisotopic (exact) mass is 356 g/mol. The molecule has 0 bridgehead atoms. The number of phenolic OH excluding ortho intramolecular Hbond substituents is 2. The highest BCUT2D eigenvalue weighted by atomic mass is 16.3. The van der Waals surface area contributed by atoms with Crippen molar-refractivity contribution in [3.8, 4) is 11.5 Å². The summed E-state index contributed by atoms with van der Waals surface area (Å²) in [7, 11) is 0. The predicted octanol–water partition coefficient (Wildman–Crippen LogP) is 4.72. The Kier molecular flexibility index (Phi) is 4.47. The number of phenols is 2. The zero-order chi connectivity index (χ0) is 18.8. The maximum absolute atomic E-state index is 10.9. The third-order valence-electron chi connectivity index (χ3n) is 4.85. The van der Waals surface area contributed by atoms with Gasteiger partial charge in [0.2, 0.25) is 0 Å². The number of hydrogen-bond donors (Lipinski definition) is 2. The molecule has 2 aromatic heterocycles. The van der Waals surface area contributed by atoms with E-state index in [0.29, 0.717) is 11.9 Å². The molecule has 4 heteroatoms. The Bertz CT molecular complexity index is 1090. The molecule has 4 nitrogen and oxygen atoms in total. The quantitative estimate of drug-likeness (QED) is 0.555. The van der Waals surface area contributed by atoms with Gasteiger partial charge in [0, 0.05) is 46.9 Å². The second-order valence-corrected chi connectivity index (χ2v) is 6.72. The van der Waals surface area contributed by atoms with E-state index in [0.717, 1.165) is 27.8 Å². The number of aryl methyl sites for hydroxylation is 1. The molecular formula is C23H20N2O2. The molecule has 0 aliphatic carbocycles. The highest BCUT2D eigenvalue weighted by molar-refractivity contribution is 5.85. The van der Waals surface area contributed by atoms with Crippen LogP contribution in [0.1, 0.15) is 28.3 Å². The average Bonchev–Trinajstić information content (AvgIpc) is 2.69. The molecule has 0 amide bonds. The summed E-state index contributed by atoms with van der Waals surface area (Å²) in [6, 6.07) is 18.9. The zero-order valence-corrected chi connectivity index (χ0v) is 15.0. The van der Waals surface area contributed by atoms with E-state index < -0.39 is 0 Å². The van der Waals surface area contributed by atoms with E-state index in [1.54, 1.807) is 18.3 Å². The standard InChI is InChI=1S/C23H20N2O2/c1-15-8-10-17(25-14-15)13-20(18-6-2-3-7-21(18)26)19-11-9-16-5-4-12-24-22(16)23(19)27/h2-12,14,20,26-27H,13H2,1H3. The van der Waals surface area contributed by atoms with Crippen LogP contribution >= 0.6 is 0 Å². The summed E-state index contributed by atoms with van der Waals surface area (Å²) >= 11 is 0. The first-order chi connectivity index (χ1) is 13.1. The number of aromatic hydroxyl groups is 2. The number of nitrogens with zero attached hydrogens (tertiary/aromatic N) is 2. The number of rotatable bonds is 4. The molecule has 27 heavy (non-hydrogen) atoms. The normalized spacial score (nSPS) is 12.2. The molecule has 1 unspecified atom stereocenters. The third kappa shape index (κ3) is 3.34. The van der Waals surface area contributed by atoms with Gasteiger partial charge in [0.25, 0.3) is 0 Å². The lowest BCUT2D eigenvalue weighted by atomic mass is 9.85. The summed E-state index contributed by atoms with van der Waals surface area (Å²) in [4.78, 5) is 8.84. The first kappa shape index (κ1) is 17.0. The van der Waals surface area contributed by atoms with Gasteiger partial charge in [0.05, 0.1) is 0 Å². The van der Waals surface area contributed by atoms with Crippen LogP contribution in [-0.2, 0) is 6.42 Å². The molecule has 0 fully saturated rings. The largest absolute Gasteiger partial charge is 0.508 e. The summed E-state index contributed by atoms with van der Waals surface area (Å²) in [5, 5.41) is 22.3. The fourth-order valence-corrected chi connectivity index (χ4v) is 3.42. The molecule has 0 saturated heterocycles. The van der Waals surface area contributed by atoms with Gasteiger partial charge in [-0.1, -0.05) is 42.5 Å². The molecule has 0 saturated carbocycles. The van der Waals surface area contributed by atoms with E-state index in [1.807, 2.05) is 61.7 Å². The van der Waals surface area contributed by atoms with Crippen LogP contribution in [0.25, 0.3) is 10.9 Å². The molecule has 0 aliphatic heterocycles. The molecule has 2 aromatic carbocycles. The minimum absolute atomic E-state index is 0.147. The first-order valence-corrected chi connectivity index (χ1v) is 8.89. The van der Waals surface area contributed by atoms with Gasteiger partial charge in [-0.05, 0) is 30.7 Å². The van der Waals surface area contributed by atoms with E-state index in [1.165, 1.54) is 0 Å². The third-order valence-corrected chi connectivity index (χ3v) is 4.85. The molecule has 2 N–H and O–H groups in total. The number of fused-ring (bicyclic) bond motifs is 1. The maximum Gasteiger partial charge on any atom is 0.145 e. The van der Waals surface area contributed by atoms with Crippen LogP contribution in [0.15, 0.2) is 73.1 Å². The summed E-state index contributed by atoms with van der Waals surface area (Å²) in [6.07, 6.45) is 4.06. The van der Waals surface area contributed by atoms with Crippen molar-refractivity contribution in [2.24, 2.45) is 0 Å². The number of para-hydroxylation sites is 1. The maximum atomic E-state index is 10.9. The summed E-state index contributed by atoms with van der Waals surface area (Å²) in [5.41, 5.74) is 4.03. The van der Waals surface area contributed by atoms with Crippen LogP contribution < -0.4 is 0 Å². The van der Waals surface area contributed by atoms with Gasteiger partial charge in [0.1, 0.15) is 17.0 Å². The van der Waals surface area contributed by atoms with E-state index in [9.17, 15) is 10.2 Å².